The average Bonchev–Trinajstić information content (AvgIpc) is 2.75. The number of amides is 1. The molecule has 1 aliphatic heterocycles. The van der Waals surface area contributed by atoms with E-state index < -0.39 is 0 Å². The number of piperidine rings is 1. The molecule has 1 amide bonds. The van der Waals surface area contributed by atoms with Crippen LogP contribution in [0.1, 0.15) is 39.0 Å². The molecule has 0 radical (unpaired) electrons. The minimum atomic E-state index is -0.0669. The molecule has 90 valence electrons. The normalized spacial score (nSPS) is 40.2. The lowest BCUT2D eigenvalue weighted by Gasteiger charge is -2.32. The molecule has 3 aliphatic rings. The van der Waals surface area contributed by atoms with E-state index in [4.69, 9.17) is 0 Å². The zero-order valence-electron chi connectivity index (χ0n) is 10.1. The second kappa shape index (κ2) is 3.73. The van der Waals surface area contributed by atoms with Gasteiger partial charge in [-0.15, -0.1) is 0 Å². The molecular weight excluding hydrogens is 200 g/mol. The van der Waals surface area contributed by atoms with E-state index in [1.807, 2.05) is 0 Å². The molecule has 0 spiro atoms. The Labute approximate surface area is 97.4 Å². The monoisotopic (exact) mass is 222 g/mol. The van der Waals surface area contributed by atoms with Crippen LogP contribution in [-0.4, -0.2) is 25.0 Å². The molecule has 3 rings (SSSR count). The number of carbonyl (C=O) groups is 1. The second-order valence-corrected chi connectivity index (χ2v) is 6.11. The van der Waals surface area contributed by atoms with Gasteiger partial charge in [-0.05, 0) is 24.7 Å². The highest BCUT2D eigenvalue weighted by Gasteiger charge is 2.54. The van der Waals surface area contributed by atoms with Crippen molar-refractivity contribution in [1.82, 2.24) is 10.6 Å². The van der Waals surface area contributed by atoms with E-state index >= 15 is 0 Å². The summed E-state index contributed by atoms with van der Waals surface area (Å²) in [7, 11) is 0. The number of hydrogen-bond donors (Lipinski definition) is 2. The van der Waals surface area contributed by atoms with E-state index in [2.05, 4.69) is 17.6 Å². The number of nitrogens with one attached hydrogen (secondary N) is 2. The Morgan fingerprint density at radius 2 is 1.81 bits per heavy atom. The molecule has 0 aromatic heterocycles. The first kappa shape index (κ1) is 10.6. The summed E-state index contributed by atoms with van der Waals surface area (Å²) in [4.78, 5) is 12.3. The van der Waals surface area contributed by atoms with Gasteiger partial charge in [-0.3, -0.25) is 4.79 Å². The molecule has 2 aliphatic carbocycles. The SMILES string of the molecule is CC1(C(=O)NC2C3CNCC32)CCCCC1. The number of fused-ring (bicyclic) bond motifs is 1. The minimum absolute atomic E-state index is 0.0669. The summed E-state index contributed by atoms with van der Waals surface area (Å²) in [6.07, 6.45) is 5.92. The van der Waals surface area contributed by atoms with Crippen molar-refractivity contribution in [2.75, 3.05) is 13.1 Å². The van der Waals surface area contributed by atoms with Gasteiger partial charge in [-0.2, -0.15) is 0 Å². The highest BCUT2D eigenvalue weighted by atomic mass is 16.2. The summed E-state index contributed by atoms with van der Waals surface area (Å²) in [6.45, 7) is 4.36. The molecular formula is C13H22N2O. The summed E-state index contributed by atoms with van der Waals surface area (Å²) in [5.41, 5.74) is -0.0669. The third kappa shape index (κ3) is 1.65. The molecule has 0 bridgehead atoms. The number of carbonyl (C=O) groups excluding carboxylic acids is 1. The van der Waals surface area contributed by atoms with E-state index in [1.54, 1.807) is 0 Å². The maximum Gasteiger partial charge on any atom is 0.226 e. The van der Waals surface area contributed by atoms with Gasteiger partial charge < -0.3 is 10.6 Å². The summed E-state index contributed by atoms with van der Waals surface area (Å²) in [5.74, 6) is 1.79. The molecule has 2 saturated carbocycles. The molecule has 2 atom stereocenters. The van der Waals surface area contributed by atoms with Crippen LogP contribution >= 0.6 is 0 Å². The Bertz CT molecular complexity index is 286. The van der Waals surface area contributed by atoms with Crippen LogP contribution in [0.5, 0.6) is 0 Å². The highest BCUT2D eigenvalue weighted by Crippen LogP contribution is 2.43. The fourth-order valence-electron chi connectivity index (χ4n) is 3.52. The molecule has 3 fully saturated rings. The maximum absolute atomic E-state index is 12.3. The van der Waals surface area contributed by atoms with Crippen LogP contribution in [0.25, 0.3) is 0 Å². The van der Waals surface area contributed by atoms with Crippen LogP contribution in [0.2, 0.25) is 0 Å². The van der Waals surface area contributed by atoms with E-state index in [0.29, 0.717) is 11.9 Å². The molecule has 2 unspecified atom stereocenters. The third-order valence-corrected chi connectivity index (χ3v) is 4.89. The van der Waals surface area contributed by atoms with Gasteiger partial charge in [0.1, 0.15) is 0 Å². The molecule has 3 heteroatoms. The first-order valence-electron chi connectivity index (χ1n) is 6.72. The summed E-state index contributed by atoms with van der Waals surface area (Å²) >= 11 is 0. The van der Waals surface area contributed by atoms with E-state index in [0.717, 1.165) is 37.8 Å². The van der Waals surface area contributed by atoms with Crippen molar-refractivity contribution in [3.63, 3.8) is 0 Å². The van der Waals surface area contributed by atoms with Crippen LogP contribution in [0, 0.1) is 17.3 Å². The Morgan fingerprint density at radius 3 is 2.44 bits per heavy atom. The van der Waals surface area contributed by atoms with Gasteiger partial charge in [0, 0.05) is 24.5 Å². The van der Waals surface area contributed by atoms with Crippen molar-refractivity contribution >= 4 is 5.91 Å². The van der Waals surface area contributed by atoms with Crippen molar-refractivity contribution in [3.05, 3.63) is 0 Å². The van der Waals surface area contributed by atoms with Gasteiger partial charge in [0.15, 0.2) is 0 Å². The quantitative estimate of drug-likeness (QED) is 0.739. The second-order valence-electron chi connectivity index (χ2n) is 6.11. The minimum Gasteiger partial charge on any atom is -0.352 e. The van der Waals surface area contributed by atoms with Crippen LogP contribution < -0.4 is 10.6 Å². The maximum atomic E-state index is 12.3. The fourth-order valence-corrected chi connectivity index (χ4v) is 3.52. The average molecular weight is 222 g/mol. The molecule has 1 heterocycles. The molecule has 2 N–H and O–H groups in total. The van der Waals surface area contributed by atoms with Crippen LogP contribution in [0.15, 0.2) is 0 Å². The van der Waals surface area contributed by atoms with Crippen molar-refractivity contribution in [3.8, 4) is 0 Å². The van der Waals surface area contributed by atoms with Crippen molar-refractivity contribution in [2.24, 2.45) is 17.3 Å². The highest BCUT2D eigenvalue weighted by molar-refractivity contribution is 5.83. The molecule has 0 aromatic carbocycles. The standard InChI is InChI=1S/C13H22N2O/c1-13(5-3-2-4-6-13)12(16)15-11-9-7-14-8-10(9)11/h9-11,14H,2-8H2,1H3,(H,15,16). The van der Waals surface area contributed by atoms with Gasteiger partial charge in [0.2, 0.25) is 5.91 Å². The largest absolute Gasteiger partial charge is 0.352 e. The van der Waals surface area contributed by atoms with Gasteiger partial charge >= 0.3 is 0 Å². The lowest BCUT2D eigenvalue weighted by molar-refractivity contribution is -0.132. The lowest BCUT2D eigenvalue weighted by Crippen LogP contribution is -2.43. The zero-order valence-corrected chi connectivity index (χ0v) is 10.1. The van der Waals surface area contributed by atoms with Crippen LogP contribution in [-0.2, 0) is 4.79 Å². The number of hydrogen-bond acceptors (Lipinski definition) is 2. The zero-order chi connectivity index (χ0) is 11.2. The smallest absolute Gasteiger partial charge is 0.226 e. The Kier molecular flexibility index (Phi) is 2.46. The van der Waals surface area contributed by atoms with Crippen molar-refractivity contribution in [1.29, 1.82) is 0 Å². The van der Waals surface area contributed by atoms with Gasteiger partial charge in [0.05, 0.1) is 0 Å². The molecule has 3 nitrogen and oxygen atoms in total. The summed E-state index contributed by atoms with van der Waals surface area (Å²) in [6, 6.07) is 0.493. The Morgan fingerprint density at radius 1 is 1.19 bits per heavy atom. The van der Waals surface area contributed by atoms with Crippen LogP contribution in [0.3, 0.4) is 0 Å². The van der Waals surface area contributed by atoms with Crippen molar-refractivity contribution < 1.29 is 4.79 Å². The first-order valence-corrected chi connectivity index (χ1v) is 6.72. The first-order chi connectivity index (χ1) is 7.71. The van der Waals surface area contributed by atoms with Crippen LogP contribution in [0.4, 0.5) is 0 Å². The van der Waals surface area contributed by atoms with Gasteiger partial charge in [-0.25, -0.2) is 0 Å². The predicted molar refractivity (Wildman–Crippen MR) is 63.0 cm³/mol. The van der Waals surface area contributed by atoms with Gasteiger partial charge in [0.25, 0.3) is 0 Å². The van der Waals surface area contributed by atoms with E-state index in [1.165, 1.54) is 19.3 Å². The number of rotatable bonds is 2. The van der Waals surface area contributed by atoms with E-state index in [-0.39, 0.29) is 5.41 Å². The lowest BCUT2D eigenvalue weighted by atomic mass is 9.75. The van der Waals surface area contributed by atoms with Gasteiger partial charge in [-0.1, -0.05) is 26.2 Å². The topological polar surface area (TPSA) is 41.1 Å². The Balaban J connectivity index is 1.56. The third-order valence-electron chi connectivity index (χ3n) is 4.89. The molecule has 0 aromatic rings. The van der Waals surface area contributed by atoms with E-state index in [9.17, 15) is 4.79 Å². The molecule has 16 heavy (non-hydrogen) atoms. The summed E-state index contributed by atoms with van der Waals surface area (Å²) in [5, 5.41) is 6.65. The van der Waals surface area contributed by atoms with Crippen molar-refractivity contribution in [2.45, 2.75) is 45.1 Å². The molecule has 1 saturated heterocycles. The predicted octanol–water partition coefficient (Wildman–Crippen LogP) is 1.29. The summed E-state index contributed by atoms with van der Waals surface area (Å²) < 4.78 is 0. The Hall–Kier alpha value is -0.570. The fraction of sp³-hybridized carbons (Fsp3) is 0.923.